The van der Waals surface area contributed by atoms with Crippen LogP contribution in [0.25, 0.3) is 0 Å². The van der Waals surface area contributed by atoms with Crippen LogP contribution in [0.5, 0.6) is 0 Å². The maximum atomic E-state index is 10.7. The van der Waals surface area contributed by atoms with Crippen LogP contribution < -0.4 is 5.73 Å². The van der Waals surface area contributed by atoms with E-state index in [1.54, 1.807) is 12.2 Å². The van der Waals surface area contributed by atoms with E-state index in [4.69, 9.17) is 5.73 Å². The van der Waals surface area contributed by atoms with Gasteiger partial charge in [-0.1, -0.05) is 13.0 Å². The molecule has 0 aromatic carbocycles. The topological polar surface area (TPSA) is 43.1 Å². The fourth-order valence-corrected chi connectivity index (χ4v) is 0.426. The van der Waals surface area contributed by atoms with Gasteiger partial charge in [-0.05, 0) is 19.9 Å². The molecule has 0 aliphatic rings. The first-order valence-electron chi connectivity index (χ1n) is 3.46. The molecule has 58 valence electrons. The fraction of sp³-hybridized carbons (Fsp3) is 0.625. The Balaban J connectivity index is 3.88. The first-order chi connectivity index (χ1) is 4.45. The van der Waals surface area contributed by atoms with E-state index in [-0.39, 0.29) is 11.3 Å². The van der Waals surface area contributed by atoms with Gasteiger partial charge in [0.2, 0.25) is 0 Å². The monoisotopic (exact) mass is 141 g/mol. The lowest BCUT2D eigenvalue weighted by Gasteiger charge is -2.10. The Morgan fingerprint density at radius 2 is 2.10 bits per heavy atom. The minimum absolute atomic E-state index is 0.124. The van der Waals surface area contributed by atoms with E-state index in [0.29, 0.717) is 6.42 Å². The summed E-state index contributed by atoms with van der Waals surface area (Å²) >= 11 is 0. The molecule has 2 N–H and O–H groups in total. The highest BCUT2D eigenvalue weighted by molar-refractivity contribution is 5.89. The molecule has 0 saturated heterocycles. The van der Waals surface area contributed by atoms with Gasteiger partial charge in [-0.2, -0.15) is 0 Å². The van der Waals surface area contributed by atoms with Crippen molar-refractivity contribution < 1.29 is 4.79 Å². The van der Waals surface area contributed by atoms with Crippen LogP contribution in [-0.4, -0.2) is 11.3 Å². The molecule has 10 heavy (non-hydrogen) atoms. The van der Waals surface area contributed by atoms with E-state index >= 15 is 0 Å². The summed E-state index contributed by atoms with van der Waals surface area (Å²) < 4.78 is 0. The third-order valence-electron chi connectivity index (χ3n) is 1.05. The molecule has 0 amide bonds. The largest absolute Gasteiger partial charge is 0.322 e. The lowest BCUT2D eigenvalue weighted by Crippen LogP contribution is -2.28. The Labute approximate surface area is 62.1 Å². The zero-order chi connectivity index (χ0) is 8.20. The van der Waals surface area contributed by atoms with Crippen molar-refractivity contribution in [2.45, 2.75) is 32.7 Å². The Morgan fingerprint density at radius 3 is 2.40 bits per heavy atom. The highest BCUT2D eigenvalue weighted by atomic mass is 16.1. The Bertz CT molecular complexity index is 142. The molecule has 0 bridgehead atoms. The van der Waals surface area contributed by atoms with Crippen LogP contribution in [0, 0.1) is 0 Å². The number of hydrogen-bond donors (Lipinski definition) is 1. The summed E-state index contributed by atoms with van der Waals surface area (Å²) in [5.41, 5.74) is 5.23. The van der Waals surface area contributed by atoms with E-state index in [2.05, 4.69) is 0 Å². The van der Waals surface area contributed by atoms with Gasteiger partial charge < -0.3 is 5.73 Å². The summed E-state index contributed by atoms with van der Waals surface area (Å²) in [7, 11) is 0. The first-order valence-corrected chi connectivity index (χ1v) is 3.46. The maximum absolute atomic E-state index is 10.7. The normalized spacial score (nSPS) is 12.4. The SMILES string of the molecule is CCC(=O)/C=C/C(C)(C)N. The van der Waals surface area contributed by atoms with Crippen LogP contribution in [0.4, 0.5) is 0 Å². The van der Waals surface area contributed by atoms with Crippen LogP contribution in [0.3, 0.4) is 0 Å². The number of nitrogens with two attached hydrogens (primary N) is 1. The van der Waals surface area contributed by atoms with Crippen LogP contribution in [0.1, 0.15) is 27.2 Å². The van der Waals surface area contributed by atoms with Crippen molar-refractivity contribution in [1.82, 2.24) is 0 Å². The van der Waals surface area contributed by atoms with Gasteiger partial charge in [-0.15, -0.1) is 0 Å². The van der Waals surface area contributed by atoms with Gasteiger partial charge in [0.1, 0.15) is 0 Å². The second-order valence-corrected chi connectivity index (χ2v) is 2.97. The quantitative estimate of drug-likeness (QED) is 0.601. The summed E-state index contributed by atoms with van der Waals surface area (Å²) in [4.78, 5) is 10.7. The van der Waals surface area contributed by atoms with Crippen LogP contribution in [-0.2, 0) is 4.79 Å². The molecule has 0 saturated carbocycles. The Morgan fingerprint density at radius 1 is 1.60 bits per heavy atom. The number of hydrogen-bond acceptors (Lipinski definition) is 2. The maximum Gasteiger partial charge on any atom is 0.155 e. The minimum Gasteiger partial charge on any atom is -0.322 e. The molecule has 0 aromatic heterocycles. The number of allylic oxidation sites excluding steroid dienone is 1. The summed E-state index contributed by atoms with van der Waals surface area (Å²) in [6, 6.07) is 0. The van der Waals surface area contributed by atoms with Crippen LogP contribution in [0.2, 0.25) is 0 Å². The van der Waals surface area contributed by atoms with E-state index < -0.39 is 0 Å². The molecular weight excluding hydrogens is 126 g/mol. The van der Waals surface area contributed by atoms with Crippen molar-refractivity contribution in [3.8, 4) is 0 Å². The van der Waals surface area contributed by atoms with Crippen molar-refractivity contribution in [2.24, 2.45) is 5.73 Å². The van der Waals surface area contributed by atoms with Crippen molar-refractivity contribution in [1.29, 1.82) is 0 Å². The zero-order valence-corrected chi connectivity index (χ0v) is 6.85. The number of ketones is 1. The van der Waals surface area contributed by atoms with Crippen LogP contribution >= 0.6 is 0 Å². The van der Waals surface area contributed by atoms with Crippen LogP contribution in [0.15, 0.2) is 12.2 Å². The van der Waals surface area contributed by atoms with Gasteiger partial charge in [0.15, 0.2) is 5.78 Å². The second-order valence-electron chi connectivity index (χ2n) is 2.97. The summed E-state index contributed by atoms with van der Waals surface area (Å²) in [5.74, 6) is 0.124. The second kappa shape index (κ2) is 3.52. The van der Waals surface area contributed by atoms with Gasteiger partial charge in [0.25, 0.3) is 0 Å². The predicted octanol–water partition coefficient (Wildman–Crippen LogP) is 1.26. The molecule has 0 radical (unpaired) electrons. The molecular formula is C8H15NO. The molecule has 0 rings (SSSR count). The molecule has 0 spiro atoms. The molecule has 0 aliphatic carbocycles. The van der Waals surface area contributed by atoms with Gasteiger partial charge >= 0.3 is 0 Å². The Hall–Kier alpha value is -0.630. The van der Waals surface area contributed by atoms with Gasteiger partial charge in [0.05, 0.1) is 0 Å². The minimum atomic E-state index is -0.370. The number of carbonyl (C=O) groups excluding carboxylic acids is 1. The molecule has 0 fully saturated rings. The van der Waals surface area contributed by atoms with Gasteiger partial charge in [-0.25, -0.2) is 0 Å². The first kappa shape index (κ1) is 9.37. The van der Waals surface area contributed by atoms with Gasteiger partial charge in [0, 0.05) is 12.0 Å². The highest BCUT2D eigenvalue weighted by Crippen LogP contribution is 1.98. The van der Waals surface area contributed by atoms with Gasteiger partial charge in [-0.3, -0.25) is 4.79 Å². The molecule has 0 aromatic rings. The van der Waals surface area contributed by atoms with Crippen molar-refractivity contribution in [2.75, 3.05) is 0 Å². The standard InChI is InChI=1S/C8H15NO/c1-4-7(10)5-6-8(2,3)9/h5-6H,4,9H2,1-3H3/b6-5+. The van der Waals surface area contributed by atoms with Crippen molar-refractivity contribution in [3.05, 3.63) is 12.2 Å². The molecule has 2 nitrogen and oxygen atoms in total. The Kier molecular flexibility index (Phi) is 3.30. The van der Waals surface area contributed by atoms with E-state index in [0.717, 1.165) is 0 Å². The molecule has 0 atom stereocenters. The number of rotatable bonds is 3. The smallest absolute Gasteiger partial charge is 0.155 e. The van der Waals surface area contributed by atoms with E-state index in [1.165, 1.54) is 0 Å². The molecule has 0 heterocycles. The third kappa shape index (κ3) is 5.51. The van der Waals surface area contributed by atoms with E-state index in [9.17, 15) is 4.79 Å². The molecule has 2 heteroatoms. The summed E-state index contributed by atoms with van der Waals surface area (Å²) in [6.07, 6.45) is 3.81. The highest BCUT2D eigenvalue weighted by Gasteiger charge is 2.04. The van der Waals surface area contributed by atoms with E-state index in [1.807, 2.05) is 20.8 Å². The number of carbonyl (C=O) groups is 1. The zero-order valence-electron chi connectivity index (χ0n) is 6.85. The summed E-state index contributed by atoms with van der Waals surface area (Å²) in [5, 5.41) is 0. The molecule has 0 aliphatic heterocycles. The summed E-state index contributed by atoms with van der Waals surface area (Å²) in [6.45, 7) is 5.54. The lowest BCUT2D eigenvalue weighted by molar-refractivity contribution is -0.114. The third-order valence-corrected chi connectivity index (χ3v) is 1.05. The molecule has 0 unspecified atom stereocenters. The van der Waals surface area contributed by atoms with Crippen molar-refractivity contribution in [3.63, 3.8) is 0 Å². The lowest BCUT2D eigenvalue weighted by atomic mass is 10.1. The average Bonchev–Trinajstić information content (AvgIpc) is 1.81. The average molecular weight is 141 g/mol. The predicted molar refractivity (Wildman–Crippen MR) is 42.7 cm³/mol. The fourth-order valence-electron chi connectivity index (χ4n) is 0.426. The van der Waals surface area contributed by atoms with Crippen molar-refractivity contribution >= 4 is 5.78 Å².